The first-order valence-electron chi connectivity index (χ1n) is 14.3. The van der Waals surface area contributed by atoms with E-state index in [-0.39, 0.29) is 48.3 Å². The first kappa shape index (κ1) is 27.7. The molecule has 1 aromatic carbocycles. The van der Waals surface area contributed by atoms with Crippen LogP contribution in [0.1, 0.15) is 62.0 Å². The number of hydrogen-bond donors (Lipinski definition) is 0. The summed E-state index contributed by atoms with van der Waals surface area (Å²) in [7, 11) is 0. The van der Waals surface area contributed by atoms with Crippen LogP contribution in [0.5, 0.6) is 0 Å². The maximum absolute atomic E-state index is 14.5. The summed E-state index contributed by atoms with van der Waals surface area (Å²) in [6.07, 6.45) is -1.33. The molecule has 40 heavy (non-hydrogen) atoms. The highest BCUT2D eigenvalue weighted by molar-refractivity contribution is 5.86. The Morgan fingerprint density at radius 1 is 1.10 bits per heavy atom. The van der Waals surface area contributed by atoms with Crippen molar-refractivity contribution in [2.24, 2.45) is 5.92 Å². The Bertz CT molecular complexity index is 1210. The Morgan fingerprint density at radius 3 is 2.48 bits per heavy atom. The maximum atomic E-state index is 14.5. The lowest BCUT2D eigenvalue weighted by atomic mass is 9.83. The SMILES string of the molecule is Cc1cc(C2CCN(C3CC[C@@](C(=O)N4COC5=C(C=C(C(F)(F)F)CC5F)C4)(C4CC4)OC3)CC2)ccc1F. The van der Waals surface area contributed by atoms with Gasteiger partial charge in [0, 0.05) is 23.6 Å². The molecule has 5 aliphatic rings. The Balaban J connectivity index is 1.09. The van der Waals surface area contributed by atoms with Crippen molar-refractivity contribution in [2.75, 3.05) is 33.0 Å². The third kappa shape index (κ3) is 5.17. The van der Waals surface area contributed by atoms with Crippen molar-refractivity contribution in [1.29, 1.82) is 0 Å². The number of hydrogen-bond acceptors (Lipinski definition) is 4. The molecule has 2 saturated heterocycles. The fourth-order valence-corrected chi connectivity index (χ4v) is 6.93. The lowest BCUT2D eigenvalue weighted by Crippen LogP contribution is -2.59. The van der Waals surface area contributed by atoms with Crippen molar-refractivity contribution < 1.29 is 36.2 Å². The number of aryl methyl sites for hydroxylation is 1. The fraction of sp³-hybridized carbons (Fsp3) is 0.633. The van der Waals surface area contributed by atoms with Crippen molar-refractivity contribution in [1.82, 2.24) is 9.80 Å². The van der Waals surface area contributed by atoms with E-state index in [1.54, 1.807) is 13.0 Å². The van der Waals surface area contributed by atoms with Gasteiger partial charge in [0.15, 0.2) is 12.9 Å². The van der Waals surface area contributed by atoms with Gasteiger partial charge in [-0.2, -0.15) is 13.2 Å². The second kappa shape index (κ2) is 10.4. The molecule has 3 atom stereocenters. The van der Waals surface area contributed by atoms with Crippen molar-refractivity contribution in [2.45, 2.75) is 81.8 Å². The second-order valence-corrected chi connectivity index (χ2v) is 12.0. The quantitative estimate of drug-likeness (QED) is 0.423. The number of alkyl halides is 4. The topological polar surface area (TPSA) is 42.0 Å². The zero-order valence-corrected chi connectivity index (χ0v) is 22.6. The van der Waals surface area contributed by atoms with Gasteiger partial charge in [-0.25, -0.2) is 8.78 Å². The van der Waals surface area contributed by atoms with Crippen LogP contribution in [0, 0.1) is 18.7 Å². The third-order valence-corrected chi connectivity index (χ3v) is 9.42. The van der Waals surface area contributed by atoms with Gasteiger partial charge in [0.25, 0.3) is 5.91 Å². The molecule has 3 aliphatic heterocycles. The summed E-state index contributed by atoms with van der Waals surface area (Å²) in [6.45, 7) is 3.69. The van der Waals surface area contributed by atoms with E-state index in [0.717, 1.165) is 51.3 Å². The molecule has 0 N–H and O–H groups in total. The molecular weight excluding hydrogens is 531 g/mol. The van der Waals surface area contributed by atoms with E-state index in [4.69, 9.17) is 9.47 Å². The number of halogens is 5. The summed E-state index contributed by atoms with van der Waals surface area (Å²) in [5.74, 6) is -0.0866. The molecule has 0 radical (unpaired) electrons. The van der Waals surface area contributed by atoms with Crippen LogP contribution in [0.25, 0.3) is 0 Å². The number of likely N-dealkylation sites (tertiary alicyclic amines) is 1. The molecule has 1 saturated carbocycles. The first-order chi connectivity index (χ1) is 19.0. The first-order valence-corrected chi connectivity index (χ1v) is 14.3. The number of carbonyl (C=O) groups excluding carboxylic acids is 1. The van der Waals surface area contributed by atoms with Gasteiger partial charge in [-0.15, -0.1) is 0 Å². The van der Waals surface area contributed by atoms with Crippen molar-refractivity contribution in [3.8, 4) is 0 Å². The minimum atomic E-state index is -4.63. The van der Waals surface area contributed by atoms with Crippen LogP contribution in [0.15, 0.2) is 41.2 Å². The van der Waals surface area contributed by atoms with E-state index in [1.807, 2.05) is 12.1 Å². The highest BCUT2D eigenvalue weighted by Gasteiger charge is 2.56. The summed E-state index contributed by atoms with van der Waals surface area (Å²) in [5.41, 5.74) is -0.0400. The lowest BCUT2D eigenvalue weighted by Gasteiger charge is -2.47. The number of nitrogens with zero attached hydrogens (tertiary/aromatic N) is 2. The van der Waals surface area contributed by atoms with Gasteiger partial charge in [0.1, 0.15) is 17.2 Å². The van der Waals surface area contributed by atoms with Gasteiger partial charge in [0.05, 0.1) is 13.2 Å². The minimum absolute atomic E-state index is 0.0736. The van der Waals surface area contributed by atoms with Gasteiger partial charge in [0.2, 0.25) is 0 Å². The summed E-state index contributed by atoms with van der Waals surface area (Å²) in [4.78, 5) is 17.7. The molecule has 218 valence electrons. The average molecular weight is 567 g/mol. The number of carbonyl (C=O) groups is 1. The molecule has 3 heterocycles. The van der Waals surface area contributed by atoms with E-state index >= 15 is 0 Å². The lowest BCUT2D eigenvalue weighted by molar-refractivity contribution is -0.180. The molecule has 1 aromatic rings. The Labute approximate surface area is 231 Å². The third-order valence-electron chi connectivity index (χ3n) is 9.42. The van der Waals surface area contributed by atoms with Crippen LogP contribution in [0.2, 0.25) is 0 Å². The zero-order valence-electron chi connectivity index (χ0n) is 22.6. The van der Waals surface area contributed by atoms with Crippen LogP contribution >= 0.6 is 0 Å². The molecule has 3 fully saturated rings. The predicted octanol–water partition coefficient (Wildman–Crippen LogP) is 5.94. The highest BCUT2D eigenvalue weighted by atomic mass is 19.4. The van der Waals surface area contributed by atoms with Gasteiger partial charge in [-0.3, -0.25) is 9.69 Å². The molecule has 0 spiro atoms. The molecular formula is C30H35F5N2O3. The Morgan fingerprint density at radius 2 is 1.85 bits per heavy atom. The number of amides is 1. The van der Waals surface area contributed by atoms with Gasteiger partial charge < -0.3 is 14.4 Å². The van der Waals surface area contributed by atoms with E-state index in [2.05, 4.69) is 4.90 Å². The van der Waals surface area contributed by atoms with E-state index < -0.39 is 29.9 Å². The summed E-state index contributed by atoms with van der Waals surface area (Å²) >= 11 is 0. The largest absolute Gasteiger partial charge is 0.474 e. The van der Waals surface area contributed by atoms with Gasteiger partial charge >= 0.3 is 6.18 Å². The number of piperidine rings is 1. The van der Waals surface area contributed by atoms with Crippen LogP contribution < -0.4 is 0 Å². The molecule has 2 unspecified atom stereocenters. The summed E-state index contributed by atoms with van der Waals surface area (Å²) in [5, 5.41) is 0. The van der Waals surface area contributed by atoms with Crippen LogP contribution in [-0.2, 0) is 14.3 Å². The fourth-order valence-electron chi connectivity index (χ4n) is 6.93. The Kier molecular flexibility index (Phi) is 7.22. The van der Waals surface area contributed by atoms with Crippen LogP contribution in [0.3, 0.4) is 0 Å². The van der Waals surface area contributed by atoms with Gasteiger partial charge in [-0.05, 0) is 93.6 Å². The predicted molar refractivity (Wildman–Crippen MR) is 137 cm³/mol. The maximum Gasteiger partial charge on any atom is 0.412 e. The second-order valence-electron chi connectivity index (χ2n) is 12.0. The molecule has 2 aliphatic carbocycles. The number of rotatable bonds is 4. The summed E-state index contributed by atoms with van der Waals surface area (Å²) < 4.78 is 80.1. The minimum Gasteiger partial charge on any atom is -0.474 e. The Hall–Kier alpha value is -2.46. The molecule has 5 nitrogen and oxygen atoms in total. The standard InChI is InChI=1S/C30H35F5N2O3/c1-18-12-20(2-5-25(18)31)19-7-10-36(11-8-19)24-6-9-29(40-16-24,22-3-4-22)28(38)37-15-21-13-23(30(33,34)35)14-26(32)27(21)39-17-37/h2,5,12-13,19,22,24,26H,3-4,6-11,14-17H2,1H3/t24?,26?,29-/m0/s1. The molecule has 10 heteroatoms. The average Bonchev–Trinajstić information content (AvgIpc) is 3.80. The molecule has 1 amide bonds. The smallest absolute Gasteiger partial charge is 0.412 e. The number of allylic oxidation sites excluding steroid dienone is 2. The van der Waals surface area contributed by atoms with E-state index in [0.29, 0.717) is 24.5 Å². The van der Waals surface area contributed by atoms with Crippen LogP contribution in [0.4, 0.5) is 22.0 Å². The van der Waals surface area contributed by atoms with Crippen molar-refractivity contribution >= 4 is 5.91 Å². The number of benzene rings is 1. The van der Waals surface area contributed by atoms with Crippen LogP contribution in [-0.4, -0.2) is 72.7 Å². The number of ether oxygens (including phenoxy) is 2. The van der Waals surface area contributed by atoms with Gasteiger partial charge in [-0.1, -0.05) is 12.1 Å². The monoisotopic (exact) mass is 566 g/mol. The zero-order chi connectivity index (χ0) is 28.2. The molecule has 0 bridgehead atoms. The van der Waals surface area contributed by atoms with E-state index in [1.165, 1.54) is 10.5 Å². The normalized spacial score (nSPS) is 30.6. The molecule has 6 rings (SSSR count). The highest BCUT2D eigenvalue weighted by Crippen LogP contribution is 2.49. The van der Waals surface area contributed by atoms with E-state index in [9.17, 15) is 26.7 Å². The van der Waals surface area contributed by atoms with Crippen molar-refractivity contribution in [3.63, 3.8) is 0 Å². The van der Waals surface area contributed by atoms with Crippen molar-refractivity contribution in [3.05, 3.63) is 58.1 Å². The summed E-state index contributed by atoms with van der Waals surface area (Å²) in [6, 6.07) is 5.55. The molecule has 0 aromatic heterocycles.